The van der Waals surface area contributed by atoms with Gasteiger partial charge in [0.2, 0.25) is 0 Å². The molecule has 8 atom stereocenters. The zero-order chi connectivity index (χ0) is 13.8. The van der Waals surface area contributed by atoms with Crippen LogP contribution in [-0.4, -0.2) is 0 Å². The van der Waals surface area contributed by atoms with Crippen molar-refractivity contribution in [2.75, 3.05) is 0 Å². The van der Waals surface area contributed by atoms with Crippen LogP contribution in [0.5, 0.6) is 0 Å². The third-order valence-electron chi connectivity index (χ3n) is 8.49. The van der Waals surface area contributed by atoms with E-state index in [9.17, 15) is 0 Å². The van der Waals surface area contributed by atoms with E-state index in [0.717, 1.165) is 47.3 Å². The van der Waals surface area contributed by atoms with Crippen LogP contribution in [0.4, 0.5) is 0 Å². The second kappa shape index (κ2) is 5.14. The molecule has 0 heterocycles. The third kappa shape index (κ3) is 2.15. The van der Waals surface area contributed by atoms with Gasteiger partial charge in [-0.2, -0.15) is 0 Å². The molecule has 0 amide bonds. The maximum absolute atomic E-state index is 2.57. The Hall–Kier alpha value is -0.260. The minimum atomic E-state index is 0.980. The van der Waals surface area contributed by atoms with Crippen molar-refractivity contribution >= 4 is 0 Å². The van der Waals surface area contributed by atoms with Crippen LogP contribution < -0.4 is 0 Å². The molecule has 5 aliphatic rings. The van der Waals surface area contributed by atoms with E-state index in [1.165, 1.54) is 6.42 Å². The maximum atomic E-state index is 2.57. The summed E-state index contributed by atoms with van der Waals surface area (Å²) in [4.78, 5) is 0. The minimum absolute atomic E-state index is 0.980. The highest BCUT2D eigenvalue weighted by Crippen LogP contribution is 2.58. The van der Waals surface area contributed by atoms with E-state index in [-0.39, 0.29) is 0 Å². The summed E-state index contributed by atoms with van der Waals surface area (Å²) in [6, 6.07) is 0. The largest absolute Gasteiger partial charge is 0.0880 e. The Morgan fingerprint density at radius 1 is 0.571 bits per heavy atom. The summed E-state index contributed by atoms with van der Waals surface area (Å²) in [7, 11) is 0. The van der Waals surface area contributed by atoms with Gasteiger partial charge in [-0.05, 0) is 92.3 Å². The lowest BCUT2D eigenvalue weighted by molar-refractivity contribution is -0.0410. The molecule has 0 saturated heterocycles. The smallest absolute Gasteiger partial charge is 0.0199 e. The third-order valence-corrected chi connectivity index (χ3v) is 8.49. The molecule has 0 aromatic carbocycles. The van der Waals surface area contributed by atoms with E-state index in [1.54, 1.807) is 64.2 Å². The molecular formula is C21H32. The fraction of sp³-hybridized carbons (Fsp3) is 0.905. The van der Waals surface area contributed by atoms with Crippen molar-refractivity contribution in [2.24, 2.45) is 47.3 Å². The van der Waals surface area contributed by atoms with Crippen LogP contribution in [0.3, 0.4) is 0 Å². The van der Waals surface area contributed by atoms with E-state index in [4.69, 9.17) is 0 Å². The number of fused-ring (bicyclic) bond motifs is 5. The highest BCUT2D eigenvalue weighted by atomic mass is 14.5. The summed E-state index contributed by atoms with van der Waals surface area (Å²) >= 11 is 0. The number of rotatable bonds is 0. The SMILES string of the molecule is C1=CC2CC3CCC4CC5CCCCC5CC4C3CC2C1. The monoisotopic (exact) mass is 284 g/mol. The van der Waals surface area contributed by atoms with Crippen molar-refractivity contribution in [3.05, 3.63) is 12.2 Å². The molecule has 0 aliphatic heterocycles. The molecule has 0 N–H and O–H groups in total. The average Bonchev–Trinajstić information content (AvgIpc) is 2.98. The van der Waals surface area contributed by atoms with Crippen LogP contribution >= 0.6 is 0 Å². The van der Waals surface area contributed by atoms with Gasteiger partial charge in [0, 0.05) is 0 Å². The van der Waals surface area contributed by atoms with Gasteiger partial charge in [0.05, 0.1) is 0 Å². The second-order valence-electron chi connectivity index (χ2n) is 9.26. The van der Waals surface area contributed by atoms with E-state index in [2.05, 4.69) is 12.2 Å². The lowest BCUT2D eigenvalue weighted by Crippen LogP contribution is -2.45. The lowest BCUT2D eigenvalue weighted by Gasteiger charge is -2.54. The van der Waals surface area contributed by atoms with E-state index >= 15 is 0 Å². The molecule has 0 spiro atoms. The molecule has 5 aliphatic carbocycles. The van der Waals surface area contributed by atoms with Crippen molar-refractivity contribution < 1.29 is 0 Å². The first-order valence-electron chi connectivity index (χ1n) is 10.0. The summed E-state index contributed by atoms with van der Waals surface area (Å²) in [6.45, 7) is 0. The Kier molecular flexibility index (Phi) is 3.23. The van der Waals surface area contributed by atoms with Crippen LogP contribution in [0.1, 0.15) is 70.6 Å². The maximum Gasteiger partial charge on any atom is -0.0199 e. The van der Waals surface area contributed by atoms with E-state index in [0.29, 0.717) is 0 Å². The lowest BCUT2D eigenvalue weighted by atomic mass is 9.51. The van der Waals surface area contributed by atoms with Crippen LogP contribution in [0.25, 0.3) is 0 Å². The molecule has 5 rings (SSSR count). The highest BCUT2D eigenvalue weighted by molar-refractivity contribution is 5.07. The average molecular weight is 284 g/mol. The van der Waals surface area contributed by atoms with Crippen molar-refractivity contribution in [3.8, 4) is 0 Å². The van der Waals surface area contributed by atoms with Gasteiger partial charge in [-0.1, -0.05) is 37.8 Å². The van der Waals surface area contributed by atoms with E-state index < -0.39 is 0 Å². The fourth-order valence-electron chi connectivity index (χ4n) is 7.52. The topological polar surface area (TPSA) is 0 Å². The molecule has 0 nitrogen and oxygen atoms in total. The first-order valence-corrected chi connectivity index (χ1v) is 10.0. The Morgan fingerprint density at radius 3 is 2.05 bits per heavy atom. The normalized spacial score (nSPS) is 55.2. The van der Waals surface area contributed by atoms with Crippen molar-refractivity contribution in [2.45, 2.75) is 70.6 Å². The number of allylic oxidation sites excluding steroid dienone is 2. The second-order valence-corrected chi connectivity index (χ2v) is 9.26. The zero-order valence-corrected chi connectivity index (χ0v) is 13.6. The summed E-state index contributed by atoms with van der Waals surface area (Å²) in [5, 5.41) is 0. The van der Waals surface area contributed by atoms with Gasteiger partial charge >= 0.3 is 0 Å². The Balaban J connectivity index is 1.36. The van der Waals surface area contributed by atoms with Crippen molar-refractivity contribution in [1.29, 1.82) is 0 Å². The Bertz CT molecular complexity index is 422. The van der Waals surface area contributed by atoms with Crippen LogP contribution in [-0.2, 0) is 0 Å². The molecular weight excluding hydrogens is 252 g/mol. The minimum Gasteiger partial charge on any atom is -0.0880 e. The predicted octanol–water partition coefficient (Wildman–Crippen LogP) is 5.83. The molecule has 8 unspecified atom stereocenters. The van der Waals surface area contributed by atoms with Crippen molar-refractivity contribution in [1.82, 2.24) is 0 Å². The van der Waals surface area contributed by atoms with Crippen LogP contribution in [0.15, 0.2) is 12.2 Å². The number of hydrogen-bond acceptors (Lipinski definition) is 0. The molecule has 4 saturated carbocycles. The molecule has 0 aromatic heterocycles. The van der Waals surface area contributed by atoms with Gasteiger partial charge in [0.25, 0.3) is 0 Å². The van der Waals surface area contributed by atoms with Gasteiger partial charge in [0.1, 0.15) is 0 Å². The molecule has 0 radical (unpaired) electrons. The number of hydrogen-bond donors (Lipinski definition) is 0. The van der Waals surface area contributed by atoms with Gasteiger partial charge in [0.15, 0.2) is 0 Å². The summed E-state index contributed by atoms with van der Waals surface area (Å²) in [5.41, 5.74) is 0. The molecule has 21 heavy (non-hydrogen) atoms. The highest BCUT2D eigenvalue weighted by Gasteiger charge is 2.49. The molecule has 0 bridgehead atoms. The molecule has 4 fully saturated rings. The predicted molar refractivity (Wildman–Crippen MR) is 87.8 cm³/mol. The summed E-state index contributed by atoms with van der Waals surface area (Å²) < 4.78 is 0. The molecule has 0 heteroatoms. The standard InChI is InChI=1S/C21H32/c1-2-5-16-12-20-18(10-14(16)4-1)8-9-19-11-15-6-3-7-17(15)13-21(19)20/h3,6,14-21H,1-2,4-5,7-13H2. The first kappa shape index (κ1) is 13.2. The quantitative estimate of drug-likeness (QED) is 0.491. The van der Waals surface area contributed by atoms with Gasteiger partial charge in [-0.3, -0.25) is 0 Å². The molecule has 116 valence electrons. The van der Waals surface area contributed by atoms with E-state index in [1.807, 2.05) is 0 Å². The Labute approximate surface area is 130 Å². The van der Waals surface area contributed by atoms with Gasteiger partial charge < -0.3 is 0 Å². The fourth-order valence-corrected chi connectivity index (χ4v) is 7.52. The first-order chi connectivity index (χ1) is 10.4. The summed E-state index contributed by atoms with van der Waals surface area (Å²) in [6.07, 6.45) is 22.3. The van der Waals surface area contributed by atoms with Gasteiger partial charge in [-0.15, -0.1) is 0 Å². The molecule has 0 aromatic rings. The Morgan fingerprint density at radius 2 is 1.24 bits per heavy atom. The van der Waals surface area contributed by atoms with Crippen LogP contribution in [0.2, 0.25) is 0 Å². The van der Waals surface area contributed by atoms with Crippen LogP contribution in [0, 0.1) is 47.3 Å². The zero-order valence-electron chi connectivity index (χ0n) is 13.6. The van der Waals surface area contributed by atoms with Gasteiger partial charge in [-0.25, -0.2) is 0 Å². The van der Waals surface area contributed by atoms with Crippen molar-refractivity contribution in [3.63, 3.8) is 0 Å². The summed E-state index contributed by atoms with van der Waals surface area (Å²) in [5.74, 6) is 8.83.